The van der Waals surface area contributed by atoms with Gasteiger partial charge in [-0.15, -0.1) is 0 Å². The highest BCUT2D eigenvalue weighted by molar-refractivity contribution is 6.05. The summed E-state index contributed by atoms with van der Waals surface area (Å²) in [7, 11) is 0. The summed E-state index contributed by atoms with van der Waals surface area (Å²) < 4.78 is 0. The van der Waals surface area contributed by atoms with Crippen LogP contribution in [-0.2, 0) is 9.59 Å². The van der Waals surface area contributed by atoms with Crippen molar-refractivity contribution >= 4 is 11.8 Å². The van der Waals surface area contributed by atoms with Crippen molar-refractivity contribution in [1.29, 1.82) is 0 Å². The van der Waals surface area contributed by atoms with E-state index in [9.17, 15) is 9.59 Å². The Balaban J connectivity index is 1.81. The second-order valence-electron chi connectivity index (χ2n) is 5.09. The summed E-state index contributed by atoms with van der Waals surface area (Å²) in [5.41, 5.74) is 5.71. The summed E-state index contributed by atoms with van der Waals surface area (Å²) >= 11 is 0. The minimum absolute atomic E-state index is 0.0382. The number of likely N-dealkylation sites (tertiary alicyclic amines) is 1. The van der Waals surface area contributed by atoms with Crippen molar-refractivity contribution in [2.24, 2.45) is 17.6 Å². The molecule has 0 spiro atoms. The van der Waals surface area contributed by atoms with Crippen LogP contribution in [0.1, 0.15) is 25.7 Å². The molecule has 0 aromatic carbocycles. The molecule has 0 bridgehead atoms. The second kappa shape index (κ2) is 3.42. The van der Waals surface area contributed by atoms with Gasteiger partial charge in [0.25, 0.3) is 0 Å². The van der Waals surface area contributed by atoms with E-state index in [0.717, 1.165) is 25.7 Å². The Morgan fingerprint density at radius 1 is 1.06 bits per heavy atom. The zero-order valence-corrected chi connectivity index (χ0v) is 9.13. The fourth-order valence-electron chi connectivity index (χ4n) is 3.03. The van der Waals surface area contributed by atoms with E-state index in [4.69, 9.17) is 5.73 Å². The number of nitrogens with zero attached hydrogens (tertiary/aromatic N) is 1. The molecule has 0 aromatic heterocycles. The van der Waals surface area contributed by atoms with Crippen molar-refractivity contribution in [3.05, 3.63) is 12.2 Å². The van der Waals surface area contributed by atoms with Crippen LogP contribution in [0.15, 0.2) is 12.2 Å². The monoisotopic (exact) mass is 220 g/mol. The van der Waals surface area contributed by atoms with Gasteiger partial charge in [0.05, 0.1) is 11.8 Å². The van der Waals surface area contributed by atoms with Gasteiger partial charge in [0.15, 0.2) is 0 Å². The summed E-state index contributed by atoms with van der Waals surface area (Å²) in [6.07, 6.45) is 7.05. The third-order valence-corrected chi connectivity index (χ3v) is 4.06. The fourth-order valence-corrected chi connectivity index (χ4v) is 3.03. The molecule has 1 aliphatic heterocycles. The number of rotatable bonds is 1. The SMILES string of the molecule is NC1CC(N2C(=O)C3CC=CCC3C2=O)C1. The molecule has 2 unspecified atom stereocenters. The molecule has 1 saturated heterocycles. The summed E-state index contributed by atoms with van der Waals surface area (Å²) in [5.74, 6) is -0.101. The van der Waals surface area contributed by atoms with E-state index in [0.29, 0.717) is 0 Å². The van der Waals surface area contributed by atoms with Gasteiger partial charge in [0.2, 0.25) is 11.8 Å². The molecule has 4 heteroatoms. The Hall–Kier alpha value is -1.16. The molecule has 86 valence electrons. The first-order chi connectivity index (χ1) is 7.68. The van der Waals surface area contributed by atoms with E-state index in [1.54, 1.807) is 0 Å². The average molecular weight is 220 g/mol. The molecule has 3 rings (SSSR count). The van der Waals surface area contributed by atoms with Gasteiger partial charge in [0.1, 0.15) is 0 Å². The molecular formula is C12H16N2O2. The lowest BCUT2D eigenvalue weighted by Crippen LogP contribution is -2.53. The molecule has 2 N–H and O–H groups in total. The smallest absolute Gasteiger partial charge is 0.233 e. The van der Waals surface area contributed by atoms with Gasteiger partial charge in [-0.25, -0.2) is 0 Å². The molecule has 16 heavy (non-hydrogen) atoms. The largest absolute Gasteiger partial charge is 0.328 e. The van der Waals surface area contributed by atoms with Crippen LogP contribution in [0.2, 0.25) is 0 Å². The number of hydrogen-bond donors (Lipinski definition) is 1. The van der Waals surface area contributed by atoms with Crippen molar-refractivity contribution in [2.75, 3.05) is 0 Å². The van der Waals surface area contributed by atoms with Gasteiger partial charge in [-0.1, -0.05) is 12.2 Å². The number of imide groups is 1. The van der Waals surface area contributed by atoms with Crippen molar-refractivity contribution in [3.8, 4) is 0 Å². The first kappa shape index (κ1) is 10.0. The van der Waals surface area contributed by atoms with E-state index in [2.05, 4.69) is 0 Å². The molecule has 0 radical (unpaired) electrons. The second-order valence-corrected chi connectivity index (χ2v) is 5.09. The van der Waals surface area contributed by atoms with Crippen LogP contribution in [0.5, 0.6) is 0 Å². The third kappa shape index (κ3) is 1.26. The lowest BCUT2D eigenvalue weighted by Gasteiger charge is -2.38. The molecule has 0 aromatic rings. The number of nitrogens with two attached hydrogens (primary N) is 1. The van der Waals surface area contributed by atoms with Gasteiger partial charge in [-0.3, -0.25) is 14.5 Å². The van der Waals surface area contributed by atoms with E-state index in [-0.39, 0.29) is 35.7 Å². The molecule has 1 heterocycles. The van der Waals surface area contributed by atoms with Gasteiger partial charge < -0.3 is 5.73 Å². The number of hydrogen-bond acceptors (Lipinski definition) is 3. The zero-order chi connectivity index (χ0) is 11.3. The maximum atomic E-state index is 12.1. The minimum Gasteiger partial charge on any atom is -0.328 e. The van der Waals surface area contributed by atoms with Crippen molar-refractivity contribution in [1.82, 2.24) is 4.90 Å². The van der Waals surface area contributed by atoms with Gasteiger partial charge in [0, 0.05) is 12.1 Å². The number of fused-ring (bicyclic) bond motifs is 1. The molecule has 2 amide bonds. The Bertz CT molecular complexity index is 345. The van der Waals surface area contributed by atoms with Gasteiger partial charge >= 0.3 is 0 Å². The highest BCUT2D eigenvalue weighted by atomic mass is 16.2. The highest BCUT2D eigenvalue weighted by Gasteiger charge is 2.51. The van der Waals surface area contributed by atoms with Crippen LogP contribution in [0.4, 0.5) is 0 Å². The number of carbonyl (C=O) groups excluding carboxylic acids is 2. The maximum absolute atomic E-state index is 12.1. The Morgan fingerprint density at radius 3 is 2.00 bits per heavy atom. The predicted molar refractivity (Wildman–Crippen MR) is 58.2 cm³/mol. The Kier molecular flexibility index (Phi) is 2.14. The summed E-state index contributed by atoms with van der Waals surface area (Å²) in [6.45, 7) is 0. The summed E-state index contributed by atoms with van der Waals surface area (Å²) in [6, 6.07) is 0.256. The van der Waals surface area contributed by atoms with Gasteiger partial charge in [-0.2, -0.15) is 0 Å². The molecule has 2 atom stereocenters. The lowest BCUT2D eigenvalue weighted by atomic mass is 9.85. The molecule has 4 nitrogen and oxygen atoms in total. The number of allylic oxidation sites excluding steroid dienone is 2. The first-order valence-electron chi connectivity index (χ1n) is 5.96. The lowest BCUT2D eigenvalue weighted by molar-refractivity contribution is -0.144. The Labute approximate surface area is 94.5 Å². The molecular weight excluding hydrogens is 204 g/mol. The average Bonchev–Trinajstić information content (AvgIpc) is 2.49. The van der Waals surface area contributed by atoms with Crippen molar-refractivity contribution in [3.63, 3.8) is 0 Å². The Morgan fingerprint density at radius 2 is 1.56 bits per heavy atom. The summed E-state index contributed by atoms with van der Waals surface area (Å²) in [4.78, 5) is 25.7. The number of carbonyl (C=O) groups is 2. The van der Waals surface area contributed by atoms with Crippen LogP contribution in [-0.4, -0.2) is 28.8 Å². The van der Waals surface area contributed by atoms with Crippen LogP contribution < -0.4 is 5.73 Å². The van der Waals surface area contributed by atoms with E-state index >= 15 is 0 Å². The molecule has 1 saturated carbocycles. The van der Waals surface area contributed by atoms with E-state index in [1.807, 2.05) is 12.2 Å². The van der Waals surface area contributed by atoms with Crippen LogP contribution >= 0.6 is 0 Å². The zero-order valence-electron chi connectivity index (χ0n) is 9.13. The van der Waals surface area contributed by atoms with E-state index in [1.165, 1.54) is 4.90 Å². The quantitative estimate of drug-likeness (QED) is 0.515. The standard InChI is InChI=1S/C12H16N2O2/c13-7-5-8(6-7)14-11(15)9-3-1-2-4-10(9)12(14)16/h1-2,7-10H,3-6,13H2. The fraction of sp³-hybridized carbons (Fsp3) is 0.667. The van der Waals surface area contributed by atoms with Gasteiger partial charge in [-0.05, 0) is 25.7 Å². The third-order valence-electron chi connectivity index (χ3n) is 4.06. The predicted octanol–water partition coefficient (Wildman–Crippen LogP) is 0.427. The van der Waals surface area contributed by atoms with Crippen LogP contribution in [0, 0.1) is 11.8 Å². The van der Waals surface area contributed by atoms with Crippen LogP contribution in [0.25, 0.3) is 0 Å². The molecule has 3 aliphatic rings. The highest BCUT2D eigenvalue weighted by Crippen LogP contribution is 2.39. The number of amides is 2. The minimum atomic E-state index is -0.0886. The maximum Gasteiger partial charge on any atom is 0.233 e. The normalized spacial score (nSPS) is 42.2. The molecule has 2 aliphatic carbocycles. The van der Waals surface area contributed by atoms with E-state index < -0.39 is 0 Å². The van der Waals surface area contributed by atoms with Crippen molar-refractivity contribution < 1.29 is 9.59 Å². The first-order valence-corrected chi connectivity index (χ1v) is 5.96. The van der Waals surface area contributed by atoms with Crippen molar-refractivity contribution in [2.45, 2.75) is 37.8 Å². The van der Waals surface area contributed by atoms with Crippen LogP contribution in [0.3, 0.4) is 0 Å². The summed E-state index contributed by atoms with van der Waals surface area (Å²) in [5, 5.41) is 0. The topological polar surface area (TPSA) is 63.4 Å². The molecule has 2 fully saturated rings.